The van der Waals surface area contributed by atoms with Crippen LogP contribution in [0.25, 0.3) is 0 Å². The largest absolute Gasteiger partial charge is 0.331 e. The second kappa shape index (κ2) is 13.7. The lowest BCUT2D eigenvalue weighted by atomic mass is 10.1. The van der Waals surface area contributed by atoms with Crippen molar-refractivity contribution in [3.05, 3.63) is 73.0 Å². The number of carbonyl (C=O) groups excluding carboxylic acids is 1. The van der Waals surface area contributed by atoms with Crippen molar-refractivity contribution >= 4 is 6.03 Å². The monoisotopic (exact) mass is 302 g/mol. The molecule has 0 aromatic heterocycles. The van der Waals surface area contributed by atoms with Gasteiger partial charge in [0.05, 0.1) is 6.04 Å². The van der Waals surface area contributed by atoms with Crippen molar-refractivity contribution in [2.75, 3.05) is 0 Å². The third-order valence-electron chi connectivity index (χ3n) is 2.47. The molecule has 2 N–H and O–H groups in total. The molecule has 0 saturated carbocycles. The minimum absolute atomic E-state index is 0.153. The van der Waals surface area contributed by atoms with E-state index in [1.165, 1.54) is 0 Å². The molecule has 0 rings (SSSR count). The summed E-state index contributed by atoms with van der Waals surface area (Å²) in [6, 6.07) is -0.442. The molecule has 22 heavy (non-hydrogen) atoms. The van der Waals surface area contributed by atoms with E-state index < -0.39 is 0 Å². The zero-order valence-corrected chi connectivity index (χ0v) is 14.6. The predicted molar refractivity (Wildman–Crippen MR) is 98.7 cm³/mol. The lowest BCUT2D eigenvalue weighted by Crippen LogP contribution is -2.40. The standard InChI is InChI=1S/C17H24N2O.C2H6/c1-7-10-15(8-2)14(6)18-17(20)19-16(9-3)12-11-13(4)5;1-2/h7-12,14H,1-3H2,4-6H3,(H2,18,19,20);1-2H3/b15-10+,16-12+;. The van der Waals surface area contributed by atoms with Gasteiger partial charge in [-0.3, -0.25) is 0 Å². The fourth-order valence-corrected chi connectivity index (χ4v) is 1.39. The van der Waals surface area contributed by atoms with Gasteiger partial charge in [-0.15, -0.1) is 0 Å². The maximum absolute atomic E-state index is 11.9. The van der Waals surface area contributed by atoms with Gasteiger partial charge in [-0.05, 0) is 38.5 Å². The first-order chi connectivity index (χ1) is 10.4. The zero-order chi connectivity index (χ0) is 17.5. The normalized spacial score (nSPS) is 12.0. The Hall–Kier alpha value is -2.29. The third-order valence-corrected chi connectivity index (χ3v) is 2.47. The van der Waals surface area contributed by atoms with Gasteiger partial charge >= 0.3 is 6.03 Å². The number of hydrogen-bond donors (Lipinski definition) is 2. The van der Waals surface area contributed by atoms with Crippen molar-refractivity contribution in [2.45, 2.75) is 40.7 Å². The highest BCUT2D eigenvalue weighted by Crippen LogP contribution is 2.03. The van der Waals surface area contributed by atoms with Crippen LogP contribution < -0.4 is 10.6 Å². The Kier molecular flexibility index (Phi) is 13.7. The topological polar surface area (TPSA) is 41.1 Å². The number of hydrogen-bond acceptors (Lipinski definition) is 1. The van der Waals surface area contributed by atoms with Crippen LogP contribution in [0.15, 0.2) is 73.0 Å². The van der Waals surface area contributed by atoms with Crippen LogP contribution in [0.4, 0.5) is 4.79 Å². The molecule has 0 aliphatic rings. The highest BCUT2D eigenvalue weighted by molar-refractivity contribution is 5.77. The smallest absolute Gasteiger partial charge is 0.319 e. The molecule has 1 unspecified atom stereocenters. The van der Waals surface area contributed by atoms with Crippen LogP contribution >= 0.6 is 0 Å². The molecule has 0 aromatic carbocycles. The summed E-state index contributed by atoms with van der Waals surface area (Å²) in [5.74, 6) is 0. The van der Waals surface area contributed by atoms with E-state index in [1.54, 1.807) is 24.3 Å². The molecule has 0 radical (unpaired) electrons. The van der Waals surface area contributed by atoms with E-state index in [4.69, 9.17) is 0 Å². The Balaban J connectivity index is 0. The van der Waals surface area contributed by atoms with Gasteiger partial charge in [0.25, 0.3) is 0 Å². The van der Waals surface area contributed by atoms with E-state index in [-0.39, 0.29) is 12.1 Å². The Morgan fingerprint density at radius 2 is 1.59 bits per heavy atom. The van der Waals surface area contributed by atoms with E-state index in [9.17, 15) is 4.79 Å². The van der Waals surface area contributed by atoms with Gasteiger partial charge in [0, 0.05) is 5.70 Å². The molecule has 0 aromatic rings. The first kappa shape index (κ1) is 22.0. The van der Waals surface area contributed by atoms with Crippen LogP contribution in [0.5, 0.6) is 0 Å². The highest BCUT2D eigenvalue weighted by Gasteiger charge is 2.09. The quantitative estimate of drug-likeness (QED) is 0.636. The molecule has 0 fully saturated rings. The van der Waals surface area contributed by atoms with Crippen molar-refractivity contribution in [2.24, 2.45) is 0 Å². The molecule has 0 saturated heterocycles. The van der Waals surface area contributed by atoms with E-state index in [2.05, 4.69) is 30.4 Å². The second-order valence-corrected chi connectivity index (χ2v) is 4.50. The molecule has 122 valence electrons. The lowest BCUT2D eigenvalue weighted by molar-refractivity contribution is 0.242. The summed E-state index contributed by atoms with van der Waals surface area (Å²) in [5, 5.41) is 5.56. The molecule has 0 bridgehead atoms. The summed E-state index contributed by atoms with van der Waals surface area (Å²) in [7, 11) is 0. The van der Waals surface area contributed by atoms with Gasteiger partial charge in [0.2, 0.25) is 0 Å². The number of amides is 2. The molecule has 2 amide bonds. The van der Waals surface area contributed by atoms with Crippen LogP contribution in [-0.2, 0) is 0 Å². The van der Waals surface area contributed by atoms with Gasteiger partial charge in [-0.25, -0.2) is 4.79 Å². The summed E-state index contributed by atoms with van der Waals surface area (Å²) in [5.41, 5.74) is 2.68. The fraction of sp³-hybridized carbons (Fsp3) is 0.316. The maximum atomic E-state index is 11.9. The minimum atomic E-state index is -0.289. The number of rotatable bonds is 7. The van der Waals surface area contributed by atoms with E-state index >= 15 is 0 Å². The molecule has 0 spiro atoms. The molecule has 3 heteroatoms. The molecule has 0 heterocycles. The van der Waals surface area contributed by atoms with Crippen molar-refractivity contribution < 1.29 is 4.79 Å². The van der Waals surface area contributed by atoms with Crippen molar-refractivity contribution in [3.8, 4) is 0 Å². The Labute approximate surface area is 135 Å². The molecular formula is C19H30N2O. The van der Waals surface area contributed by atoms with E-state index in [1.807, 2.05) is 46.8 Å². The predicted octanol–water partition coefficient (Wildman–Crippen LogP) is 5.03. The van der Waals surface area contributed by atoms with Crippen molar-refractivity contribution in [1.29, 1.82) is 0 Å². The summed E-state index contributed by atoms with van der Waals surface area (Å²) in [4.78, 5) is 11.9. The molecule has 3 nitrogen and oxygen atoms in total. The van der Waals surface area contributed by atoms with E-state index in [0.29, 0.717) is 5.70 Å². The van der Waals surface area contributed by atoms with Gasteiger partial charge in [0.1, 0.15) is 0 Å². The maximum Gasteiger partial charge on any atom is 0.319 e. The number of carbonyl (C=O) groups is 1. The first-order valence-electron chi connectivity index (χ1n) is 7.44. The first-order valence-corrected chi connectivity index (χ1v) is 7.44. The third kappa shape index (κ3) is 10.5. The summed E-state index contributed by atoms with van der Waals surface area (Å²) in [6.07, 6.45) is 10.5. The van der Waals surface area contributed by atoms with Gasteiger partial charge in [-0.2, -0.15) is 0 Å². The Morgan fingerprint density at radius 1 is 1.00 bits per heavy atom. The van der Waals surface area contributed by atoms with Crippen LogP contribution in [0.1, 0.15) is 34.6 Å². The molecule has 0 aliphatic carbocycles. The lowest BCUT2D eigenvalue weighted by Gasteiger charge is -2.15. The number of urea groups is 1. The fourth-order valence-electron chi connectivity index (χ4n) is 1.39. The van der Waals surface area contributed by atoms with Gasteiger partial charge in [-0.1, -0.05) is 63.5 Å². The summed E-state index contributed by atoms with van der Waals surface area (Å²) >= 11 is 0. The number of nitrogens with one attached hydrogen (secondary N) is 2. The average Bonchev–Trinajstić information content (AvgIpc) is 2.50. The summed E-state index contributed by atoms with van der Waals surface area (Å²) < 4.78 is 0. The minimum Gasteiger partial charge on any atom is -0.331 e. The van der Waals surface area contributed by atoms with Crippen LogP contribution in [0.2, 0.25) is 0 Å². The van der Waals surface area contributed by atoms with Crippen LogP contribution in [0.3, 0.4) is 0 Å². The summed E-state index contributed by atoms with van der Waals surface area (Å²) in [6.45, 7) is 20.9. The molecule has 0 aliphatic heterocycles. The van der Waals surface area contributed by atoms with Crippen LogP contribution in [-0.4, -0.2) is 12.1 Å². The molecular weight excluding hydrogens is 272 g/mol. The SMILES string of the molecule is C=C/C=C(\C=C)C(C)NC(=O)N/C(C=C)=C/C=C(C)C.CC. The highest BCUT2D eigenvalue weighted by atomic mass is 16.2. The average molecular weight is 302 g/mol. The Morgan fingerprint density at radius 3 is 2.00 bits per heavy atom. The Bertz CT molecular complexity index is 464. The molecule has 1 atom stereocenters. The van der Waals surface area contributed by atoms with Crippen molar-refractivity contribution in [1.82, 2.24) is 10.6 Å². The number of allylic oxidation sites excluding steroid dienone is 6. The van der Waals surface area contributed by atoms with Crippen molar-refractivity contribution in [3.63, 3.8) is 0 Å². The van der Waals surface area contributed by atoms with Crippen LogP contribution in [0, 0.1) is 0 Å². The van der Waals surface area contributed by atoms with E-state index in [0.717, 1.165) is 11.1 Å². The van der Waals surface area contributed by atoms with Gasteiger partial charge < -0.3 is 10.6 Å². The van der Waals surface area contributed by atoms with Gasteiger partial charge in [0.15, 0.2) is 0 Å². The second-order valence-electron chi connectivity index (χ2n) is 4.50. The zero-order valence-electron chi connectivity index (χ0n) is 14.6.